The van der Waals surface area contributed by atoms with Crippen LogP contribution in [-0.4, -0.2) is 23.2 Å². The summed E-state index contributed by atoms with van der Waals surface area (Å²) in [4.78, 5) is 16.9. The van der Waals surface area contributed by atoms with Gasteiger partial charge in [-0.3, -0.25) is 4.79 Å². The van der Waals surface area contributed by atoms with Crippen molar-refractivity contribution in [2.45, 2.75) is 4.90 Å². The van der Waals surface area contributed by atoms with E-state index >= 15 is 0 Å². The highest BCUT2D eigenvalue weighted by molar-refractivity contribution is 7.90. The maximum atomic E-state index is 13.0. The Bertz CT molecular complexity index is 1250. The van der Waals surface area contributed by atoms with Gasteiger partial charge in [0.25, 0.3) is 10.0 Å². The average Bonchev–Trinajstić information content (AvgIpc) is 3.04. The molecular weight excluding hydrogens is 362 g/mol. The zero-order chi connectivity index (χ0) is 19.0. The molecule has 4 rings (SSSR count). The number of imidazole rings is 1. The highest BCUT2D eigenvalue weighted by atomic mass is 32.2. The Labute approximate surface area is 155 Å². The molecule has 0 bridgehead atoms. The highest BCUT2D eigenvalue weighted by Gasteiger charge is 2.24. The van der Waals surface area contributed by atoms with Gasteiger partial charge in [-0.1, -0.05) is 48.5 Å². The SMILES string of the molecule is Nc1nc2ccc(C(=O)c3ccccc3)cc2n1S(=O)(=O)c1ccccc1. The van der Waals surface area contributed by atoms with E-state index in [1.165, 1.54) is 18.2 Å². The number of anilines is 1. The molecule has 3 aromatic carbocycles. The van der Waals surface area contributed by atoms with Crippen LogP contribution < -0.4 is 5.73 Å². The minimum Gasteiger partial charge on any atom is -0.368 e. The number of nitrogens with two attached hydrogens (primary N) is 1. The van der Waals surface area contributed by atoms with Crippen LogP contribution in [0.4, 0.5) is 5.95 Å². The number of fused-ring (bicyclic) bond motifs is 1. The van der Waals surface area contributed by atoms with Gasteiger partial charge < -0.3 is 5.73 Å². The monoisotopic (exact) mass is 377 g/mol. The number of benzene rings is 3. The standard InChI is InChI=1S/C20H15N3O3S/c21-20-22-17-12-11-15(19(24)14-7-3-1-4-8-14)13-18(17)23(20)27(25,26)16-9-5-2-6-10-16/h1-13H,(H2,21,22). The Morgan fingerprint density at radius 3 is 2.15 bits per heavy atom. The summed E-state index contributed by atoms with van der Waals surface area (Å²) in [5, 5.41) is 0. The highest BCUT2D eigenvalue weighted by Crippen LogP contribution is 2.26. The summed E-state index contributed by atoms with van der Waals surface area (Å²) in [6, 6.07) is 21.5. The molecule has 6 nitrogen and oxygen atoms in total. The molecular formula is C20H15N3O3S. The van der Waals surface area contributed by atoms with Crippen LogP contribution in [0, 0.1) is 0 Å². The van der Waals surface area contributed by atoms with Gasteiger partial charge in [0, 0.05) is 11.1 Å². The van der Waals surface area contributed by atoms with Crippen molar-refractivity contribution in [1.82, 2.24) is 8.96 Å². The Kier molecular flexibility index (Phi) is 4.01. The number of nitrogens with zero attached hydrogens (tertiary/aromatic N) is 2. The van der Waals surface area contributed by atoms with E-state index in [0.717, 1.165) is 3.97 Å². The molecule has 7 heteroatoms. The van der Waals surface area contributed by atoms with Crippen molar-refractivity contribution in [3.8, 4) is 0 Å². The molecule has 1 heterocycles. The maximum Gasteiger partial charge on any atom is 0.271 e. The number of rotatable bonds is 4. The third-order valence-electron chi connectivity index (χ3n) is 4.22. The second kappa shape index (κ2) is 6.37. The summed E-state index contributed by atoms with van der Waals surface area (Å²) in [5.41, 5.74) is 7.44. The molecule has 27 heavy (non-hydrogen) atoms. The molecule has 1 aromatic heterocycles. The number of hydrogen-bond acceptors (Lipinski definition) is 5. The van der Waals surface area contributed by atoms with Gasteiger partial charge in [0.05, 0.1) is 15.9 Å². The fourth-order valence-electron chi connectivity index (χ4n) is 2.92. The summed E-state index contributed by atoms with van der Waals surface area (Å²) < 4.78 is 27.0. The topological polar surface area (TPSA) is 95.0 Å². The quantitative estimate of drug-likeness (QED) is 0.552. The van der Waals surface area contributed by atoms with Crippen LogP contribution in [0.5, 0.6) is 0 Å². The lowest BCUT2D eigenvalue weighted by molar-refractivity contribution is 0.103. The van der Waals surface area contributed by atoms with E-state index in [9.17, 15) is 13.2 Å². The molecule has 0 amide bonds. The lowest BCUT2D eigenvalue weighted by Gasteiger charge is -2.09. The fraction of sp³-hybridized carbons (Fsp3) is 0. The fourth-order valence-corrected chi connectivity index (χ4v) is 4.32. The van der Waals surface area contributed by atoms with Crippen LogP contribution in [0.15, 0.2) is 83.8 Å². The van der Waals surface area contributed by atoms with Crippen LogP contribution >= 0.6 is 0 Å². The Morgan fingerprint density at radius 2 is 1.48 bits per heavy atom. The van der Waals surface area contributed by atoms with Gasteiger partial charge in [0.15, 0.2) is 5.78 Å². The molecule has 0 aliphatic carbocycles. The lowest BCUT2D eigenvalue weighted by Crippen LogP contribution is -2.15. The third-order valence-corrected chi connectivity index (χ3v) is 5.95. The molecule has 0 saturated carbocycles. The molecule has 0 atom stereocenters. The van der Waals surface area contributed by atoms with E-state index in [1.807, 2.05) is 6.07 Å². The van der Waals surface area contributed by atoms with E-state index in [0.29, 0.717) is 16.6 Å². The summed E-state index contributed by atoms with van der Waals surface area (Å²) in [6.45, 7) is 0. The van der Waals surface area contributed by atoms with Gasteiger partial charge in [0.2, 0.25) is 5.95 Å². The Morgan fingerprint density at radius 1 is 0.852 bits per heavy atom. The van der Waals surface area contributed by atoms with Crippen molar-refractivity contribution in [2.24, 2.45) is 0 Å². The van der Waals surface area contributed by atoms with Gasteiger partial charge in [0.1, 0.15) is 0 Å². The van der Waals surface area contributed by atoms with Gasteiger partial charge in [-0.2, -0.15) is 0 Å². The first-order chi connectivity index (χ1) is 13.0. The molecule has 0 unspecified atom stereocenters. The number of carbonyl (C=O) groups excluding carboxylic acids is 1. The first kappa shape index (κ1) is 17.0. The minimum absolute atomic E-state index is 0.0933. The lowest BCUT2D eigenvalue weighted by atomic mass is 10.0. The van der Waals surface area contributed by atoms with Crippen molar-refractivity contribution >= 4 is 32.8 Å². The van der Waals surface area contributed by atoms with Crippen LogP contribution in [0.25, 0.3) is 11.0 Å². The van der Waals surface area contributed by atoms with Crippen molar-refractivity contribution in [3.05, 3.63) is 90.0 Å². The molecule has 0 spiro atoms. The predicted octanol–water partition coefficient (Wildman–Crippen LogP) is 3.09. The van der Waals surface area contributed by atoms with E-state index in [4.69, 9.17) is 5.73 Å². The number of nitrogen functional groups attached to an aromatic ring is 1. The van der Waals surface area contributed by atoms with Crippen molar-refractivity contribution in [3.63, 3.8) is 0 Å². The summed E-state index contributed by atoms with van der Waals surface area (Å²) in [7, 11) is -3.94. The summed E-state index contributed by atoms with van der Waals surface area (Å²) >= 11 is 0. The number of ketones is 1. The first-order valence-corrected chi connectivity index (χ1v) is 9.61. The number of carbonyl (C=O) groups is 1. The molecule has 2 N–H and O–H groups in total. The Hall–Kier alpha value is -3.45. The average molecular weight is 377 g/mol. The van der Waals surface area contributed by atoms with E-state index in [-0.39, 0.29) is 22.1 Å². The molecule has 134 valence electrons. The van der Waals surface area contributed by atoms with E-state index < -0.39 is 10.0 Å². The van der Waals surface area contributed by atoms with Crippen molar-refractivity contribution < 1.29 is 13.2 Å². The largest absolute Gasteiger partial charge is 0.368 e. The zero-order valence-corrected chi connectivity index (χ0v) is 14.9. The third kappa shape index (κ3) is 2.88. The normalized spacial score (nSPS) is 11.6. The maximum absolute atomic E-state index is 13.0. The predicted molar refractivity (Wildman–Crippen MR) is 103 cm³/mol. The second-order valence-electron chi connectivity index (χ2n) is 5.95. The zero-order valence-electron chi connectivity index (χ0n) is 14.1. The van der Waals surface area contributed by atoms with Crippen LogP contribution in [0.3, 0.4) is 0 Å². The first-order valence-electron chi connectivity index (χ1n) is 8.17. The van der Waals surface area contributed by atoms with Crippen LogP contribution in [0.1, 0.15) is 15.9 Å². The molecule has 0 saturated heterocycles. The van der Waals surface area contributed by atoms with Crippen molar-refractivity contribution in [1.29, 1.82) is 0 Å². The van der Waals surface area contributed by atoms with Crippen molar-refractivity contribution in [2.75, 3.05) is 5.73 Å². The van der Waals surface area contributed by atoms with Gasteiger partial charge >= 0.3 is 0 Å². The molecule has 0 fully saturated rings. The van der Waals surface area contributed by atoms with E-state index in [2.05, 4.69) is 4.98 Å². The molecule has 0 radical (unpaired) electrons. The van der Waals surface area contributed by atoms with Crippen LogP contribution in [0.2, 0.25) is 0 Å². The van der Waals surface area contributed by atoms with Crippen LogP contribution in [-0.2, 0) is 10.0 Å². The summed E-state index contributed by atoms with van der Waals surface area (Å²) in [6.07, 6.45) is 0. The minimum atomic E-state index is -3.94. The number of aromatic nitrogens is 2. The second-order valence-corrected chi connectivity index (χ2v) is 7.74. The molecule has 4 aromatic rings. The smallest absolute Gasteiger partial charge is 0.271 e. The number of hydrogen-bond donors (Lipinski definition) is 1. The van der Waals surface area contributed by atoms with E-state index in [1.54, 1.807) is 54.6 Å². The summed E-state index contributed by atoms with van der Waals surface area (Å²) in [5.74, 6) is -0.362. The van der Waals surface area contributed by atoms with Gasteiger partial charge in [-0.25, -0.2) is 17.4 Å². The van der Waals surface area contributed by atoms with Gasteiger partial charge in [-0.15, -0.1) is 0 Å². The molecule has 0 aliphatic rings. The molecule has 0 aliphatic heterocycles. The Balaban J connectivity index is 1.90. The van der Waals surface area contributed by atoms with Gasteiger partial charge in [-0.05, 0) is 30.3 Å².